The quantitative estimate of drug-likeness (QED) is 0.560. The Morgan fingerprint density at radius 2 is 2.50 bits per heavy atom. The van der Waals surface area contributed by atoms with Crippen molar-refractivity contribution in [3.63, 3.8) is 0 Å². The van der Waals surface area contributed by atoms with Gasteiger partial charge in [-0.1, -0.05) is 0 Å². The smallest absolute Gasteiger partial charge is 0.139 e. The fourth-order valence-electron chi connectivity index (χ4n) is 0.919. The summed E-state index contributed by atoms with van der Waals surface area (Å²) in [5, 5.41) is 0.933. The first-order chi connectivity index (χ1) is 4.88. The summed E-state index contributed by atoms with van der Waals surface area (Å²) in [6, 6.07) is 4.66. The first-order valence-electron chi connectivity index (χ1n) is 2.96. The molecule has 2 heterocycles. The number of H-pyrrole nitrogens is 1. The molecule has 0 bridgehead atoms. The first kappa shape index (κ1) is 5.29. The largest absolute Gasteiger partial charge is 0.397 e. The van der Waals surface area contributed by atoms with Crippen LogP contribution in [0.2, 0.25) is 0 Å². The molecule has 0 aliphatic heterocycles. The van der Waals surface area contributed by atoms with E-state index in [4.69, 9.17) is 5.73 Å². The number of nitrogen functional groups attached to an aromatic ring is 1. The van der Waals surface area contributed by atoms with E-state index in [-0.39, 0.29) is 0 Å². The molecule has 0 amide bonds. The Morgan fingerprint density at radius 1 is 1.60 bits per heavy atom. The van der Waals surface area contributed by atoms with Crippen molar-refractivity contribution in [2.75, 3.05) is 5.73 Å². The highest BCUT2D eigenvalue weighted by molar-refractivity contribution is 5.87. The molecule has 0 atom stereocenters. The lowest BCUT2D eigenvalue weighted by atomic mass is 10.3. The zero-order valence-electron chi connectivity index (χ0n) is 5.26. The van der Waals surface area contributed by atoms with E-state index in [1.165, 1.54) is 0 Å². The Labute approximate surface area is 57.9 Å². The Morgan fingerprint density at radius 3 is 3.30 bits per heavy atom. The second-order valence-electron chi connectivity index (χ2n) is 2.08. The number of aromatic nitrogens is 2. The molecule has 0 spiro atoms. The second-order valence-corrected chi connectivity index (χ2v) is 2.08. The average Bonchev–Trinajstić information content (AvgIpc) is 2.34. The standard InChI is InChI=1S/C7H6N3/c8-6-4-10-7-5(6)2-1-3-9-7/h2-4H,8H2,(H,9,10). The minimum absolute atomic E-state index is 0.722. The molecule has 2 rings (SSSR count). The van der Waals surface area contributed by atoms with Gasteiger partial charge in [-0.2, -0.15) is 0 Å². The normalized spacial score (nSPS) is 10.4. The average molecular weight is 132 g/mol. The third-order valence-electron chi connectivity index (χ3n) is 1.43. The van der Waals surface area contributed by atoms with Gasteiger partial charge in [0.15, 0.2) is 0 Å². The van der Waals surface area contributed by atoms with Gasteiger partial charge in [-0.25, -0.2) is 4.98 Å². The zero-order chi connectivity index (χ0) is 6.97. The Balaban J connectivity index is 2.93. The van der Waals surface area contributed by atoms with Crippen molar-refractivity contribution in [3.05, 3.63) is 24.5 Å². The number of nitrogens with two attached hydrogens (primary N) is 1. The molecule has 3 heteroatoms. The number of nitrogens with one attached hydrogen (secondary N) is 1. The van der Waals surface area contributed by atoms with Crippen LogP contribution in [-0.2, 0) is 0 Å². The van der Waals surface area contributed by atoms with Crippen LogP contribution in [0.5, 0.6) is 0 Å². The van der Waals surface area contributed by atoms with E-state index in [1.807, 2.05) is 6.07 Å². The first-order valence-corrected chi connectivity index (χ1v) is 2.96. The van der Waals surface area contributed by atoms with Gasteiger partial charge < -0.3 is 10.7 Å². The Bertz CT molecular complexity index is 350. The lowest BCUT2D eigenvalue weighted by Crippen LogP contribution is -1.79. The molecule has 0 unspecified atom stereocenters. The molecule has 10 heavy (non-hydrogen) atoms. The van der Waals surface area contributed by atoms with Gasteiger partial charge in [0.05, 0.1) is 5.69 Å². The van der Waals surface area contributed by atoms with Crippen molar-refractivity contribution >= 4 is 16.7 Å². The molecule has 49 valence electrons. The maximum Gasteiger partial charge on any atom is 0.139 e. The molecule has 0 saturated heterocycles. The summed E-state index contributed by atoms with van der Waals surface area (Å²) in [6.45, 7) is 0. The number of aromatic amines is 1. The van der Waals surface area contributed by atoms with Crippen LogP contribution in [0.15, 0.2) is 18.5 Å². The fraction of sp³-hybridized carbons (Fsp3) is 0. The molecule has 0 saturated carbocycles. The number of hydrogen-bond donors (Lipinski definition) is 2. The predicted molar refractivity (Wildman–Crippen MR) is 39.3 cm³/mol. The van der Waals surface area contributed by atoms with Gasteiger partial charge in [0.2, 0.25) is 0 Å². The third-order valence-corrected chi connectivity index (χ3v) is 1.43. The van der Waals surface area contributed by atoms with Crippen molar-refractivity contribution in [2.45, 2.75) is 0 Å². The van der Waals surface area contributed by atoms with E-state index in [0.717, 1.165) is 16.7 Å². The summed E-state index contributed by atoms with van der Waals surface area (Å²) >= 11 is 0. The topological polar surface area (TPSA) is 54.7 Å². The number of hydrogen-bond acceptors (Lipinski definition) is 2. The minimum Gasteiger partial charge on any atom is -0.397 e. The molecule has 3 nitrogen and oxygen atoms in total. The van der Waals surface area contributed by atoms with Crippen LogP contribution < -0.4 is 5.73 Å². The maximum absolute atomic E-state index is 5.58. The number of rotatable bonds is 0. The number of fused-ring (bicyclic) bond motifs is 1. The van der Waals surface area contributed by atoms with Gasteiger partial charge in [0.1, 0.15) is 5.65 Å². The highest BCUT2D eigenvalue weighted by Gasteiger charge is 1.96. The number of pyridine rings is 1. The fourth-order valence-corrected chi connectivity index (χ4v) is 0.919. The molecule has 0 aliphatic carbocycles. The molecular formula is C7H6N3. The van der Waals surface area contributed by atoms with Crippen molar-refractivity contribution in [1.82, 2.24) is 9.97 Å². The van der Waals surface area contributed by atoms with E-state index < -0.39 is 0 Å². The van der Waals surface area contributed by atoms with Gasteiger partial charge in [-0.05, 0) is 6.07 Å². The van der Waals surface area contributed by atoms with Crippen LogP contribution in [0.25, 0.3) is 11.0 Å². The van der Waals surface area contributed by atoms with Gasteiger partial charge in [0, 0.05) is 23.8 Å². The molecule has 1 radical (unpaired) electrons. The van der Waals surface area contributed by atoms with Gasteiger partial charge >= 0.3 is 0 Å². The summed E-state index contributed by atoms with van der Waals surface area (Å²) in [6.07, 6.45) is 3.34. The summed E-state index contributed by atoms with van der Waals surface area (Å²) in [7, 11) is 0. The van der Waals surface area contributed by atoms with Gasteiger partial charge in [-0.15, -0.1) is 0 Å². The maximum atomic E-state index is 5.58. The van der Waals surface area contributed by atoms with Crippen molar-refractivity contribution in [3.8, 4) is 0 Å². The SMILES string of the molecule is Nc1c[nH]c2nc[c]cc12. The Hall–Kier alpha value is -1.51. The predicted octanol–water partition coefficient (Wildman–Crippen LogP) is 0.945. The summed E-state index contributed by atoms with van der Waals surface area (Å²) in [5.74, 6) is 0. The molecule has 3 N–H and O–H groups in total. The van der Waals surface area contributed by atoms with Crippen LogP contribution in [-0.4, -0.2) is 9.97 Å². The van der Waals surface area contributed by atoms with Gasteiger partial charge in [-0.3, -0.25) is 0 Å². The number of nitrogens with zero attached hydrogens (tertiary/aromatic N) is 1. The van der Waals surface area contributed by atoms with E-state index in [9.17, 15) is 0 Å². The van der Waals surface area contributed by atoms with Crippen LogP contribution in [0.3, 0.4) is 0 Å². The monoisotopic (exact) mass is 132 g/mol. The van der Waals surface area contributed by atoms with Crippen LogP contribution in [0.1, 0.15) is 0 Å². The zero-order valence-corrected chi connectivity index (χ0v) is 5.26. The summed E-state index contributed by atoms with van der Waals surface area (Å²) < 4.78 is 0. The minimum atomic E-state index is 0.722. The number of anilines is 1. The molecule has 2 aromatic heterocycles. The van der Waals surface area contributed by atoms with Crippen LogP contribution >= 0.6 is 0 Å². The molecular weight excluding hydrogens is 126 g/mol. The van der Waals surface area contributed by atoms with E-state index in [2.05, 4.69) is 16.0 Å². The lowest BCUT2D eigenvalue weighted by Gasteiger charge is -1.85. The van der Waals surface area contributed by atoms with Crippen molar-refractivity contribution < 1.29 is 0 Å². The van der Waals surface area contributed by atoms with Crippen molar-refractivity contribution in [1.29, 1.82) is 0 Å². The highest BCUT2D eigenvalue weighted by atomic mass is 14.9. The molecule has 0 aliphatic rings. The van der Waals surface area contributed by atoms with Crippen molar-refractivity contribution in [2.24, 2.45) is 0 Å². The van der Waals surface area contributed by atoms with Gasteiger partial charge in [0.25, 0.3) is 0 Å². The van der Waals surface area contributed by atoms with E-state index in [0.29, 0.717) is 0 Å². The van der Waals surface area contributed by atoms with E-state index >= 15 is 0 Å². The lowest BCUT2D eigenvalue weighted by molar-refractivity contribution is 1.32. The van der Waals surface area contributed by atoms with E-state index in [1.54, 1.807) is 12.4 Å². The van der Waals surface area contributed by atoms with Crippen LogP contribution in [0.4, 0.5) is 5.69 Å². The second kappa shape index (κ2) is 1.73. The summed E-state index contributed by atoms with van der Waals surface area (Å²) in [5.41, 5.74) is 7.12. The molecule has 2 aromatic rings. The highest BCUT2D eigenvalue weighted by Crippen LogP contribution is 2.15. The third kappa shape index (κ3) is 0.572. The Kier molecular flexibility index (Phi) is 0.917. The molecule has 0 fully saturated rings. The summed E-state index contributed by atoms with van der Waals surface area (Å²) in [4.78, 5) is 6.94. The molecule has 0 aromatic carbocycles. The van der Waals surface area contributed by atoms with Crippen LogP contribution in [0, 0.1) is 6.07 Å².